The van der Waals surface area contributed by atoms with Gasteiger partial charge in [0.2, 0.25) is 0 Å². The Morgan fingerprint density at radius 2 is 2.03 bits per heavy atom. The zero-order valence-electron chi connectivity index (χ0n) is 14.7. The molecule has 1 N–H and O–H groups in total. The Morgan fingerprint density at radius 1 is 1.31 bits per heavy atom. The molecule has 0 fully saturated rings. The van der Waals surface area contributed by atoms with Crippen molar-refractivity contribution in [1.29, 1.82) is 0 Å². The third-order valence-electron chi connectivity index (χ3n) is 3.45. The molecule has 3 rings (SSSR count). The molecule has 0 saturated carbocycles. The second-order valence-electron chi connectivity index (χ2n) is 5.40. The smallest absolute Gasteiger partial charge is 0.338 e. The number of hydrogen-bond donors (Lipinski definition) is 1. The number of hydrogen-bond acceptors (Lipinski definition) is 8. The molecule has 0 aliphatic carbocycles. The van der Waals surface area contributed by atoms with Crippen molar-refractivity contribution < 1.29 is 14.3 Å². The Bertz CT molecular complexity index is 1120. The lowest BCUT2D eigenvalue weighted by Gasteiger charge is -2.08. The van der Waals surface area contributed by atoms with Crippen molar-refractivity contribution in [1.82, 2.24) is 14.8 Å². The summed E-state index contributed by atoms with van der Waals surface area (Å²) < 4.78 is 8.10. The fourth-order valence-electron chi connectivity index (χ4n) is 2.13. The first-order valence-electron chi connectivity index (χ1n) is 7.90. The van der Waals surface area contributed by atoms with Crippen molar-refractivity contribution in [2.75, 3.05) is 18.2 Å². The van der Waals surface area contributed by atoms with Gasteiger partial charge < -0.3 is 10.1 Å². The van der Waals surface area contributed by atoms with E-state index in [1.807, 2.05) is 6.26 Å². The van der Waals surface area contributed by atoms with Crippen LogP contribution in [0.15, 0.2) is 40.9 Å². The quantitative estimate of drug-likeness (QED) is 0.301. The number of pyridine rings is 1. The van der Waals surface area contributed by atoms with Gasteiger partial charge in [0.1, 0.15) is 0 Å². The van der Waals surface area contributed by atoms with Crippen molar-refractivity contribution in [2.45, 2.75) is 4.34 Å². The molecule has 2 heterocycles. The SMILES string of the molecule is CSc1nn(-c2ccc(C(=O)OCC(=O)Nc3ncc(Cl)cc3Cl)cc2)c(=S)s1. The van der Waals surface area contributed by atoms with Gasteiger partial charge in [-0.25, -0.2) is 14.5 Å². The lowest BCUT2D eigenvalue weighted by Crippen LogP contribution is -2.21. The zero-order valence-corrected chi connectivity index (χ0v) is 18.7. The van der Waals surface area contributed by atoms with Crippen LogP contribution >= 0.6 is 58.5 Å². The number of nitrogens with zero attached hydrogens (tertiary/aromatic N) is 3. The Labute approximate surface area is 189 Å². The van der Waals surface area contributed by atoms with Gasteiger partial charge in [-0.1, -0.05) is 46.3 Å². The minimum atomic E-state index is -0.645. The first-order chi connectivity index (χ1) is 13.9. The molecule has 3 aromatic rings. The Morgan fingerprint density at radius 3 is 2.66 bits per heavy atom. The summed E-state index contributed by atoms with van der Waals surface area (Å²) in [5, 5.41) is 7.35. The van der Waals surface area contributed by atoms with Gasteiger partial charge in [0, 0.05) is 6.20 Å². The highest BCUT2D eigenvalue weighted by atomic mass is 35.5. The summed E-state index contributed by atoms with van der Waals surface area (Å²) in [6.07, 6.45) is 3.26. The fourth-order valence-corrected chi connectivity index (χ4v) is 4.34. The van der Waals surface area contributed by atoms with Crippen LogP contribution in [-0.4, -0.2) is 39.5 Å². The lowest BCUT2D eigenvalue weighted by molar-refractivity contribution is -0.119. The van der Waals surface area contributed by atoms with E-state index in [2.05, 4.69) is 15.4 Å². The van der Waals surface area contributed by atoms with Gasteiger partial charge in [0.15, 0.2) is 20.7 Å². The molecule has 0 aliphatic heterocycles. The van der Waals surface area contributed by atoms with Gasteiger partial charge >= 0.3 is 5.97 Å². The van der Waals surface area contributed by atoms with Crippen molar-refractivity contribution in [2.24, 2.45) is 0 Å². The van der Waals surface area contributed by atoms with Crippen LogP contribution in [0.4, 0.5) is 5.82 Å². The van der Waals surface area contributed by atoms with Gasteiger partial charge in [-0.2, -0.15) is 0 Å². The summed E-state index contributed by atoms with van der Waals surface area (Å²) in [5.41, 5.74) is 1.01. The van der Waals surface area contributed by atoms with Crippen molar-refractivity contribution in [3.8, 4) is 5.69 Å². The molecule has 7 nitrogen and oxygen atoms in total. The molecular weight excluding hydrogens is 475 g/mol. The van der Waals surface area contributed by atoms with E-state index in [9.17, 15) is 9.59 Å². The maximum Gasteiger partial charge on any atom is 0.338 e. The first-order valence-corrected chi connectivity index (χ1v) is 11.1. The van der Waals surface area contributed by atoms with E-state index in [1.54, 1.807) is 28.9 Å². The molecule has 0 unspecified atom stereocenters. The van der Waals surface area contributed by atoms with Crippen LogP contribution in [0, 0.1) is 3.95 Å². The lowest BCUT2D eigenvalue weighted by atomic mass is 10.2. The topological polar surface area (TPSA) is 86.1 Å². The third kappa shape index (κ3) is 5.55. The summed E-state index contributed by atoms with van der Waals surface area (Å²) in [6, 6.07) is 8.00. The Hall–Kier alpha value is -1.98. The van der Waals surface area contributed by atoms with Gasteiger partial charge in [-0.3, -0.25) is 4.79 Å². The van der Waals surface area contributed by atoms with Crippen LogP contribution in [0.2, 0.25) is 10.0 Å². The van der Waals surface area contributed by atoms with Crippen molar-refractivity contribution in [3.05, 3.63) is 56.1 Å². The molecule has 0 saturated heterocycles. The van der Waals surface area contributed by atoms with Crippen LogP contribution in [0.25, 0.3) is 5.69 Å². The summed E-state index contributed by atoms with van der Waals surface area (Å²) >= 11 is 19.9. The van der Waals surface area contributed by atoms with Crippen LogP contribution in [0.1, 0.15) is 10.4 Å². The van der Waals surface area contributed by atoms with Crippen LogP contribution in [0.3, 0.4) is 0 Å². The number of nitrogens with one attached hydrogen (secondary N) is 1. The number of thioether (sulfide) groups is 1. The highest BCUT2D eigenvalue weighted by Crippen LogP contribution is 2.23. The van der Waals surface area contributed by atoms with Crippen LogP contribution in [-0.2, 0) is 9.53 Å². The normalized spacial score (nSPS) is 10.6. The number of amides is 1. The van der Waals surface area contributed by atoms with Gasteiger partial charge in [0.25, 0.3) is 5.91 Å². The highest BCUT2D eigenvalue weighted by molar-refractivity contribution is 8.00. The van der Waals surface area contributed by atoms with E-state index in [0.29, 0.717) is 8.98 Å². The molecule has 2 aromatic heterocycles. The molecule has 1 aromatic carbocycles. The van der Waals surface area contributed by atoms with Gasteiger partial charge in [-0.05, 0) is 48.8 Å². The van der Waals surface area contributed by atoms with Gasteiger partial charge in [0.05, 0.1) is 21.3 Å². The number of benzene rings is 1. The van der Waals surface area contributed by atoms with E-state index in [-0.39, 0.29) is 16.4 Å². The molecule has 12 heteroatoms. The molecule has 0 bridgehead atoms. The maximum absolute atomic E-state index is 12.2. The molecule has 0 radical (unpaired) electrons. The number of aromatic nitrogens is 3. The van der Waals surface area contributed by atoms with E-state index < -0.39 is 18.5 Å². The average molecular weight is 487 g/mol. The van der Waals surface area contributed by atoms with Crippen LogP contribution in [0.5, 0.6) is 0 Å². The largest absolute Gasteiger partial charge is 0.452 e. The second kappa shape index (κ2) is 9.68. The Balaban J connectivity index is 1.60. The molecular formula is C17H12Cl2N4O3S3. The number of carbonyl (C=O) groups is 2. The minimum absolute atomic E-state index is 0.131. The highest BCUT2D eigenvalue weighted by Gasteiger charge is 2.13. The number of rotatable bonds is 6. The number of ether oxygens (including phenoxy) is 1. The number of carbonyl (C=O) groups excluding carboxylic acids is 2. The van der Waals surface area contributed by atoms with E-state index in [1.165, 1.54) is 35.4 Å². The summed E-state index contributed by atoms with van der Waals surface area (Å²) in [7, 11) is 0. The summed E-state index contributed by atoms with van der Waals surface area (Å²) in [4.78, 5) is 28.0. The predicted molar refractivity (Wildman–Crippen MR) is 117 cm³/mol. The molecule has 150 valence electrons. The van der Waals surface area contributed by atoms with Crippen molar-refractivity contribution >= 4 is 76.2 Å². The second-order valence-corrected chi connectivity index (χ2v) is 8.92. The summed E-state index contributed by atoms with van der Waals surface area (Å²) in [5.74, 6) is -1.09. The molecule has 0 atom stereocenters. The Kier molecular flexibility index (Phi) is 7.25. The first kappa shape index (κ1) is 21.7. The third-order valence-corrected chi connectivity index (χ3v) is 6.15. The number of esters is 1. The fraction of sp³-hybridized carbons (Fsp3) is 0.118. The monoisotopic (exact) mass is 486 g/mol. The standard InChI is InChI=1S/C17H12Cl2N4O3S3/c1-28-16-22-23(17(27)29-16)11-4-2-9(3-5-11)15(25)26-8-13(24)21-14-12(19)6-10(18)7-20-14/h2-7H,8H2,1H3,(H,20,21,24). The maximum atomic E-state index is 12.2. The average Bonchev–Trinajstić information content (AvgIpc) is 3.09. The van der Waals surface area contributed by atoms with E-state index >= 15 is 0 Å². The summed E-state index contributed by atoms with van der Waals surface area (Å²) in [6.45, 7) is -0.491. The molecule has 0 spiro atoms. The molecule has 0 aliphatic rings. The predicted octanol–water partition coefficient (Wildman–Crippen LogP) is 4.88. The van der Waals surface area contributed by atoms with E-state index in [0.717, 1.165) is 10.0 Å². The van der Waals surface area contributed by atoms with Crippen molar-refractivity contribution in [3.63, 3.8) is 0 Å². The molecule has 1 amide bonds. The van der Waals surface area contributed by atoms with E-state index in [4.69, 9.17) is 40.2 Å². The number of anilines is 1. The van der Waals surface area contributed by atoms with Crippen LogP contribution < -0.4 is 5.32 Å². The zero-order chi connectivity index (χ0) is 21.0. The number of halogens is 2. The minimum Gasteiger partial charge on any atom is -0.452 e. The van der Waals surface area contributed by atoms with Gasteiger partial charge in [-0.15, -0.1) is 5.10 Å². The molecule has 29 heavy (non-hydrogen) atoms.